The number of hydrogen-bond donors (Lipinski definition) is 2. The normalized spacial score (nSPS) is 10.0. The molecule has 2 rings (SSSR count). The summed E-state index contributed by atoms with van der Waals surface area (Å²) in [5.74, 6) is 0.489. The molecule has 0 spiro atoms. The van der Waals surface area contributed by atoms with Gasteiger partial charge in [-0.3, -0.25) is 4.79 Å². The fraction of sp³-hybridized carbons (Fsp3) is 0.125. The van der Waals surface area contributed by atoms with Crippen molar-refractivity contribution in [1.82, 2.24) is 4.98 Å². The molecule has 0 aliphatic carbocycles. The van der Waals surface area contributed by atoms with Gasteiger partial charge in [0.05, 0.1) is 16.9 Å². The topological polar surface area (TPSA) is 63.2 Å². The summed E-state index contributed by atoms with van der Waals surface area (Å²) in [6.07, 6.45) is 3.37. The van der Waals surface area contributed by atoms with Crippen LogP contribution in [0.5, 0.6) is 5.75 Å². The van der Waals surface area contributed by atoms with Crippen LogP contribution >= 0.6 is 23.2 Å². The van der Waals surface area contributed by atoms with Crippen molar-refractivity contribution in [1.29, 1.82) is 0 Å². The van der Waals surface area contributed by atoms with Gasteiger partial charge in [0, 0.05) is 11.6 Å². The molecule has 0 unspecified atom stereocenters. The van der Waals surface area contributed by atoms with Crippen LogP contribution in [0.4, 0.5) is 11.5 Å². The molecule has 7 heteroatoms. The third-order valence-corrected chi connectivity index (χ3v) is 3.26. The number of hydrogen-bond acceptors (Lipinski definition) is 4. The van der Waals surface area contributed by atoms with Gasteiger partial charge >= 0.3 is 0 Å². The van der Waals surface area contributed by atoms with Crippen LogP contribution in [0.3, 0.4) is 0 Å². The molecule has 1 heterocycles. The van der Waals surface area contributed by atoms with Crippen LogP contribution in [0.2, 0.25) is 10.0 Å². The molecule has 0 bridgehead atoms. The van der Waals surface area contributed by atoms with Crippen LogP contribution in [0.1, 0.15) is 0 Å². The van der Waals surface area contributed by atoms with Gasteiger partial charge in [-0.15, -0.1) is 6.58 Å². The lowest BCUT2D eigenvalue weighted by Gasteiger charge is -2.09. The number of nitrogens with zero attached hydrogens (tertiary/aromatic N) is 1. The average Bonchev–Trinajstić information content (AvgIpc) is 2.53. The maximum Gasteiger partial charge on any atom is 0.263 e. The number of amides is 1. The monoisotopic (exact) mass is 351 g/mol. The van der Waals surface area contributed by atoms with Crippen LogP contribution in [0, 0.1) is 0 Å². The molecule has 1 aromatic heterocycles. The van der Waals surface area contributed by atoms with Crippen molar-refractivity contribution in [3.8, 4) is 5.75 Å². The molecule has 120 valence electrons. The number of benzene rings is 1. The number of nitrogens with one attached hydrogen (secondary N) is 2. The van der Waals surface area contributed by atoms with E-state index in [1.165, 1.54) is 0 Å². The first kappa shape index (κ1) is 17.1. The van der Waals surface area contributed by atoms with Crippen molar-refractivity contribution >= 4 is 40.6 Å². The highest BCUT2D eigenvalue weighted by molar-refractivity contribution is 6.35. The molecule has 0 aliphatic rings. The second kappa shape index (κ2) is 8.41. The zero-order valence-electron chi connectivity index (χ0n) is 12.2. The fourth-order valence-corrected chi connectivity index (χ4v) is 2.14. The van der Waals surface area contributed by atoms with E-state index in [0.29, 0.717) is 28.2 Å². The lowest BCUT2D eigenvalue weighted by atomic mass is 10.3. The number of anilines is 2. The molecule has 23 heavy (non-hydrogen) atoms. The van der Waals surface area contributed by atoms with Crippen molar-refractivity contribution in [2.45, 2.75) is 0 Å². The summed E-state index contributed by atoms with van der Waals surface area (Å²) in [5.41, 5.74) is 0.840. The molecule has 1 amide bonds. The van der Waals surface area contributed by atoms with Gasteiger partial charge in [0.2, 0.25) is 0 Å². The lowest BCUT2D eigenvalue weighted by molar-refractivity contribution is -0.118. The predicted octanol–water partition coefficient (Wildman–Crippen LogP) is 4.00. The minimum absolute atomic E-state index is 0.181. The summed E-state index contributed by atoms with van der Waals surface area (Å²) in [7, 11) is 0. The third kappa shape index (κ3) is 5.47. The number of halogens is 2. The van der Waals surface area contributed by atoms with Gasteiger partial charge in [-0.1, -0.05) is 29.3 Å². The molecule has 2 N–H and O–H groups in total. The number of aromatic nitrogens is 1. The maximum atomic E-state index is 11.8. The number of rotatable bonds is 7. The van der Waals surface area contributed by atoms with Crippen molar-refractivity contribution < 1.29 is 9.53 Å². The van der Waals surface area contributed by atoms with E-state index in [4.69, 9.17) is 27.9 Å². The van der Waals surface area contributed by atoms with Gasteiger partial charge < -0.3 is 15.4 Å². The Morgan fingerprint density at radius 1 is 1.30 bits per heavy atom. The summed E-state index contributed by atoms with van der Waals surface area (Å²) in [6.45, 7) is 4.08. The Labute approximate surface area is 144 Å². The largest absolute Gasteiger partial charge is 0.482 e. The van der Waals surface area contributed by atoms with Gasteiger partial charge in [0.1, 0.15) is 11.6 Å². The van der Waals surface area contributed by atoms with Crippen LogP contribution < -0.4 is 15.4 Å². The smallest absolute Gasteiger partial charge is 0.263 e. The molecule has 0 atom stereocenters. The van der Waals surface area contributed by atoms with Crippen LogP contribution in [0.25, 0.3) is 0 Å². The molecule has 0 aliphatic heterocycles. The fourth-order valence-electron chi connectivity index (χ4n) is 1.68. The van der Waals surface area contributed by atoms with Crippen LogP contribution in [0.15, 0.2) is 49.2 Å². The number of pyridine rings is 1. The first-order valence-electron chi connectivity index (χ1n) is 6.77. The minimum Gasteiger partial charge on any atom is -0.482 e. The number of ether oxygens (including phenoxy) is 1. The lowest BCUT2D eigenvalue weighted by Crippen LogP contribution is -2.20. The molecule has 0 radical (unpaired) electrons. The number of carbonyl (C=O) groups excluding carboxylic acids is 1. The third-order valence-electron chi connectivity index (χ3n) is 2.73. The van der Waals surface area contributed by atoms with Gasteiger partial charge in [0.25, 0.3) is 5.91 Å². The molecule has 0 saturated heterocycles. The number of carbonyl (C=O) groups is 1. The molecular formula is C16H15Cl2N3O2. The van der Waals surface area contributed by atoms with E-state index in [9.17, 15) is 4.79 Å². The summed E-state index contributed by atoms with van der Waals surface area (Å²) < 4.78 is 5.35. The Morgan fingerprint density at radius 2 is 2.13 bits per heavy atom. The van der Waals surface area contributed by atoms with E-state index >= 15 is 0 Å². The zero-order valence-corrected chi connectivity index (χ0v) is 13.7. The van der Waals surface area contributed by atoms with Crippen molar-refractivity contribution in [2.24, 2.45) is 0 Å². The molecule has 0 saturated carbocycles. The summed E-state index contributed by atoms with van der Waals surface area (Å²) in [4.78, 5) is 16.0. The van der Waals surface area contributed by atoms with Crippen LogP contribution in [-0.4, -0.2) is 24.0 Å². The van der Waals surface area contributed by atoms with E-state index in [1.54, 1.807) is 36.5 Å². The zero-order chi connectivity index (χ0) is 16.7. The quantitative estimate of drug-likeness (QED) is 0.740. The average molecular weight is 352 g/mol. The Balaban J connectivity index is 1.85. The highest BCUT2D eigenvalue weighted by Gasteiger charge is 2.07. The van der Waals surface area contributed by atoms with Crippen LogP contribution in [-0.2, 0) is 4.79 Å². The molecule has 1 aromatic carbocycles. The molecule has 5 nitrogen and oxygen atoms in total. The Kier molecular flexibility index (Phi) is 6.26. The highest BCUT2D eigenvalue weighted by Crippen LogP contribution is 2.27. The second-order valence-electron chi connectivity index (χ2n) is 4.51. The minimum atomic E-state index is -0.338. The SMILES string of the molecule is C=CCNc1ccc(NC(=O)COc2ccc(Cl)cc2Cl)nc1. The Bertz CT molecular complexity index is 690. The van der Waals surface area contributed by atoms with Crippen molar-refractivity contribution in [2.75, 3.05) is 23.8 Å². The molecule has 0 fully saturated rings. The molecular weight excluding hydrogens is 337 g/mol. The standard InChI is InChI=1S/C16H15Cl2N3O2/c1-2-7-19-12-4-6-15(20-9-12)21-16(22)10-23-14-5-3-11(17)8-13(14)18/h2-6,8-9,19H,1,7,10H2,(H,20,21,22). The first-order valence-corrected chi connectivity index (χ1v) is 7.52. The Hall–Kier alpha value is -2.24. The second-order valence-corrected chi connectivity index (χ2v) is 5.36. The van der Waals surface area contributed by atoms with E-state index < -0.39 is 0 Å². The van der Waals surface area contributed by atoms with Gasteiger partial charge in [-0.2, -0.15) is 0 Å². The van der Waals surface area contributed by atoms with E-state index in [-0.39, 0.29) is 12.5 Å². The highest BCUT2D eigenvalue weighted by atomic mass is 35.5. The van der Waals surface area contributed by atoms with E-state index in [2.05, 4.69) is 22.2 Å². The van der Waals surface area contributed by atoms with E-state index in [1.807, 2.05) is 6.07 Å². The summed E-state index contributed by atoms with van der Waals surface area (Å²) in [6, 6.07) is 8.29. The van der Waals surface area contributed by atoms with Gasteiger partial charge in [-0.25, -0.2) is 4.98 Å². The first-order chi connectivity index (χ1) is 11.1. The van der Waals surface area contributed by atoms with Gasteiger partial charge in [-0.05, 0) is 30.3 Å². The van der Waals surface area contributed by atoms with Crippen molar-refractivity contribution in [3.63, 3.8) is 0 Å². The summed E-state index contributed by atoms with van der Waals surface area (Å²) in [5, 5.41) is 6.57. The predicted molar refractivity (Wildman–Crippen MR) is 93.5 cm³/mol. The molecule has 2 aromatic rings. The maximum absolute atomic E-state index is 11.8. The summed E-state index contributed by atoms with van der Waals surface area (Å²) >= 11 is 11.8. The van der Waals surface area contributed by atoms with Gasteiger partial charge in [0.15, 0.2) is 6.61 Å². The Morgan fingerprint density at radius 3 is 2.78 bits per heavy atom. The van der Waals surface area contributed by atoms with Crippen molar-refractivity contribution in [3.05, 3.63) is 59.2 Å². The van der Waals surface area contributed by atoms with E-state index in [0.717, 1.165) is 5.69 Å².